The molecule has 0 aliphatic carbocycles. The van der Waals surface area contributed by atoms with E-state index < -0.39 is 15.2 Å². The Bertz CT molecular complexity index is 206. The molecule has 0 fully saturated rings. The maximum Gasteiger partial charge on any atom is 0.225 e. The normalized spacial score (nSPS) is 11.8. The second-order valence-electron chi connectivity index (χ2n) is 2.58. The van der Waals surface area contributed by atoms with Crippen molar-refractivity contribution in [2.75, 3.05) is 25.0 Å². The van der Waals surface area contributed by atoms with Crippen LogP contribution in [-0.4, -0.2) is 33.4 Å². The van der Waals surface area contributed by atoms with Gasteiger partial charge >= 0.3 is 0 Å². The SMILES string of the molecule is CCCCOCCNS(=O)(=O)CCl. The van der Waals surface area contributed by atoms with Gasteiger partial charge in [0, 0.05) is 13.2 Å². The summed E-state index contributed by atoms with van der Waals surface area (Å²) in [4.78, 5) is 0. The fourth-order valence-corrected chi connectivity index (χ4v) is 1.36. The van der Waals surface area contributed by atoms with E-state index in [2.05, 4.69) is 11.6 Å². The third-order valence-electron chi connectivity index (χ3n) is 1.35. The van der Waals surface area contributed by atoms with E-state index in [1.165, 1.54) is 0 Å². The summed E-state index contributed by atoms with van der Waals surface area (Å²) in [5, 5.41) is -0.401. The molecular weight excluding hydrogens is 214 g/mol. The molecule has 0 bridgehead atoms. The number of unbranched alkanes of at least 4 members (excludes halogenated alkanes) is 1. The molecule has 13 heavy (non-hydrogen) atoms. The number of sulfonamides is 1. The van der Waals surface area contributed by atoms with E-state index in [0.29, 0.717) is 19.8 Å². The van der Waals surface area contributed by atoms with Gasteiger partial charge in [0.05, 0.1) is 6.61 Å². The Morgan fingerprint density at radius 1 is 1.38 bits per heavy atom. The van der Waals surface area contributed by atoms with Gasteiger partial charge < -0.3 is 4.74 Å². The first-order chi connectivity index (χ1) is 6.12. The van der Waals surface area contributed by atoms with E-state index in [0.717, 1.165) is 12.8 Å². The highest BCUT2D eigenvalue weighted by molar-refractivity contribution is 7.90. The first kappa shape index (κ1) is 13.2. The molecule has 0 unspecified atom stereocenters. The second kappa shape index (κ2) is 7.55. The highest BCUT2D eigenvalue weighted by Crippen LogP contribution is 1.89. The lowest BCUT2D eigenvalue weighted by atomic mass is 10.4. The number of hydrogen-bond acceptors (Lipinski definition) is 3. The van der Waals surface area contributed by atoms with Crippen LogP contribution >= 0.6 is 11.6 Å². The fourth-order valence-electron chi connectivity index (χ4n) is 0.656. The van der Waals surface area contributed by atoms with Crippen LogP contribution in [-0.2, 0) is 14.8 Å². The lowest BCUT2D eigenvalue weighted by Gasteiger charge is -2.04. The summed E-state index contributed by atoms with van der Waals surface area (Å²) in [5.74, 6) is 0. The van der Waals surface area contributed by atoms with E-state index in [1.54, 1.807) is 0 Å². The fraction of sp³-hybridized carbons (Fsp3) is 1.00. The third kappa shape index (κ3) is 8.49. The molecule has 1 N–H and O–H groups in total. The van der Waals surface area contributed by atoms with Crippen LogP contribution in [0.1, 0.15) is 19.8 Å². The molecule has 0 saturated carbocycles. The van der Waals surface area contributed by atoms with Crippen molar-refractivity contribution in [3.63, 3.8) is 0 Å². The summed E-state index contributed by atoms with van der Waals surface area (Å²) in [6.07, 6.45) is 2.08. The van der Waals surface area contributed by atoms with Crippen LogP contribution in [0.5, 0.6) is 0 Å². The van der Waals surface area contributed by atoms with Gasteiger partial charge in [0.15, 0.2) is 0 Å². The van der Waals surface area contributed by atoms with Crippen molar-refractivity contribution >= 4 is 21.6 Å². The smallest absolute Gasteiger partial charge is 0.225 e. The maximum absolute atomic E-state index is 10.8. The minimum absolute atomic E-state index is 0.290. The number of ether oxygens (including phenoxy) is 1. The van der Waals surface area contributed by atoms with Gasteiger partial charge in [-0.1, -0.05) is 13.3 Å². The van der Waals surface area contributed by atoms with Crippen LogP contribution in [0.4, 0.5) is 0 Å². The first-order valence-corrected chi connectivity index (χ1v) is 6.42. The van der Waals surface area contributed by atoms with Crippen LogP contribution in [0.3, 0.4) is 0 Å². The molecule has 80 valence electrons. The highest BCUT2D eigenvalue weighted by Gasteiger charge is 2.05. The van der Waals surface area contributed by atoms with Gasteiger partial charge in [-0.15, -0.1) is 11.6 Å². The van der Waals surface area contributed by atoms with E-state index in [4.69, 9.17) is 16.3 Å². The predicted octanol–water partition coefficient (Wildman–Crippen LogP) is 0.919. The summed E-state index contributed by atoms with van der Waals surface area (Å²) in [7, 11) is -3.28. The van der Waals surface area contributed by atoms with Crippen LogP contribution in [0.15, 0.2) is 0 Å². The molecule has 0 atom stereocenters. The van der Waals surface area contributed by atoms with Crippen molar-refractivity contribution in [2.24, 2.45) is 0 Å². The largest absolute Gasteiger partial charge is 0.380 e. The topological polar surface area (TPSA) is 55.4 Å². The molecule has 0 aromatic carbocycles. The molecular formula is C7H16ClNO3S. The molecule has 0 heterocycles. The molecule has 0 spiro atoms. The summed E-state index contributed by atoms with van der Waals surface area (Å²) < 4.78 is 29.0. The molecule has 0 amide bonds. The van der Waals surface area contributed by atoms with Crippen molar-refractivity contribution in [3.8, 4) is 0 Å². The Morgan fingerprint density at radius 3 is 2.62 bits per heavy atom. The summed E-state index contributed by atoms with van der Waals surface area (Å²) in [6, 6.07) is 0. The van der Waals surface area contributed by atoms with Gasteiger partial charge in [-0.25, -0.2) is 13.1 Å². The van der Waals surface area contributed by atoms with Gasteiger partial charge in [0.1, 0.15) is 5.21 Å². The lowest BCUT2D eigenvalue weighted by Crippen LogP contribution is -2.28. The van der Waals surface area contributed by atoms with Gasteiger partial charge in [-0.05, 0) is 6.42 Å². The van der Waals surface area contributed by atoms with E-state index in [-0.39, 0.29) is 0 Å². The van der Waals surface area contributed by atoms with Crippen molar-refractivity contribution in [3.05, 3.63) is 0 Å². The van der Waals surface area contributed by atoms with Crippen LogP contribution in [0, 0.1) is 0 Å². The summed E-state index contributed by atoms with van der Waals surface area (Å²) in [6.45, 7) is 3.44. The van der Waals surface area contributed by atoms with Crippen LogP contribution < -0.4 is 4.72 Å². The van der Waals surface area contributed by atoms with Gasteiger partial charge in [-0.3, -0.25) is 0 Å². The molecule has 0 saturated heterocycles. The molecule has 0 aliphatic heterocycles. The van der Waals surface area contributed by atoms with Crippen LogP contribution in [0.2, 0.25) is 0 Å². The number of nitrogens with one attached hydrogen (secondary N) is 1. The Hall–Kier alpha value is 0.160. The molecule has 6 heteroatoms. The maximum atomic E-state index is 10.8. The van der Waals surface area contributed by atoms with Gasteiger partial charge in [-0.2, -0.15) is 0 Å². The van der Waals surface area contributed by atoms with E-state index in [9.17, 15) is 8.42 Å². The van der Waals surface area contributed by atoms with E-state index in [1.807, 2.05) is 0 Å². The standard InChI is InChI=1S/C7H16ClNO3S/c1-2-3-5-12-6-4-9-13(10,11)7-8/h9H,2-7H2,1H3. The second-order valence-corrected chi connectivity index (χ2v) is 4.98. The molecule has 0 aromatic heterocycles. The Kier molecular flexibility index (Phi) is 7.65. The van der Waals surface area contributed by atoms with Crippen LogP contribution in [0.25, 0.3) is 0 Å². The number of alkyl halides is 1. The van der Waals surface area contributed by atoms with Gasteiger partial charge in [0.2, 0.25) is 10.0 Å². The average molecular weight is 230 g/mol. The zero-order valence-corrected chi connectivity index (χ0v) is 9.33. The molecule has 0 aliphatic rings. The third-order valence-corrected chi connectivity index (χ3v) is 3.15. The highest BCUT2D eigenvalue weighted by atomic mass is 35.5. The number of rotatable bonds is 8. The minimum Gasteiger partial charge on any atom is -0.380 e. The minimum atomic E-state index is -3.28. The predicted molar refractivity (Wildman–Crippen MR) is 53.4 cm³/mol. The van der Waals surface area contributed by atoms with Crippen molar-refractivity contribution in [1.29, 1.82) is 0 Å². The zero-order valence-electron chi connectivity index (χ0n) is 7.75. The molecule has 0 radical (unpaired) electrons. The molecule has 4 nitrogen and oxygen atoms in total. The number of halogens is 1. The summed E-state index contributed by atoms with van der Waals surface area (Å²) in [5.41, 5.74) is 0. The van der Waals surface area contributed by atoms with E-state index >= 15 is 0 Å². The Labute approximate surface area is 84.7 Å². The summed E-state index contributed by atoms with van der Waals surface area (Å²) >= 11 is 5.16. The van der Waals surface area contributed by atoms with Gasteiger partial charge in [0.25, 0.3) is 0 Å². The Balaban J connectivity index is 3.26. The quantitative estimate of drug-likeness (QED) is 0.498. The average Bonchev–Trinajstić information content (AvgIpc) is 2.11. The number of hydrogen-bond donors (Lipinski definition) is 1. The molecule has 0 aromatic rings. The zero-order chi connectivity index (χ0) is 10.2. The monoisotopic (exact) mass is 229 g/mol. The first-order valence-electron chi connectivity index (χ1n) is 4.23. The van der Waals surface area contributed by atoms with Crippen molar-refractivity contribution in [2.45, 2.75) is 19.8 Å². The Morgan fingerprint density at radius 2 is 2.08 bits per heavy atom. The van der Waals surface area contributed by atoms with Crippen molar-refractivity contribution < 1.29 is 13.2 Å². The lowest BCUT2D eigenvalue weighted by molar-refractivity contribution is 0.136. The molecule has 0 rings (SSSR count). The van der Waals surface area contributed by atoms with Crippen molar-refractivity contribution in [1.82, 2.24) is 4.72 Å².